The number of rotatable bonds is 3. The van der Waals surface area contributed by atoms with Crippen molar-refractivity contribution in [2.75, 3.05) is 0 Å². The van der Waals surface area contributed by atoms with Crippen LogP contribution in [0.25, 0.3) is 16.9 Å². The second-order valence-electron chi connectivity index (χ2n) is 4.88. The van der Waals surface area contributed by atoms with E-state index in [4.69, 9.17) is 4.74 Å². The molecule has 1 heterocycles. The first-order valence-electron chi connectivity index (χ1n) is 6.92. The fraction of sp³-hybridized carbons (Fsp3) is 0.118. The molecule has 0 aliphatic carbocycles. The number of aromatic nitrogens is 3. The summed E-state index contributed by atoms with van der Waals surface area (Å²) in [6, 6.07) is 17.0. The number of ether oxygens (including phenoxy) is 1. The van der Waals surface area contributed by atoms with Crippen LogP contribution in [-0.2, 0) is 4.79 Å². The van der Waals surface area contributed by atoms with Crippen molar-refractivity contribution in [1.82, 2.24) is 15.0 Å². The van der Waals surface area contributed by atoms with Crippen LogP contribution in [0, 0.1) is 6.92 Å². The molecule has 0 aliphatic rings. The van der Waals surface area contributed by atoms with Gasteiger partial charge in [0.2, 0.25) is 0 Å². The van der Waals surface area contributed by atoms with Crippen molar-refractivity contribution in [1.29, 1.82) is 0 Å². The predicted molar refractivity (Wildman–Crippen MR) is 82.8 cm³/mol. The average Bonchev–Trinajstić information content (AvgIpc) is 2.90. The fourth-order valence-electron chi connectivity index (χ4n) is 2.19. The Kier molecular flexibility index (Phi) is 3.70. The molecule has 0 fully saturated rings. The smallest absolute Gasteiger partial charge is 0.308 e. The molecule has 3 aromatic rings. The van der Waals surface area contributed by atoms with Crippen molar-refractivity contribution in [3.63, 3.8) is 0 Å². The molecule has 0 unspecified atom stereocenters. The molecule has 0 atom stereocenters. The summed E-state index contributed by atoms with van der Waals surface area (Å²) < 4.78 is 5.09. The SMILES string of the molecule is CC(=O)Oc1cccc(-n2nc(C)c(-c3ccccc3)n2)c1. The van der Waals surface area contributed by atoms with Crippen LogP contribution in [0.15, 0.2) is 54.6 Å². The zero-order valence-corrected chi connectivity index (χ0v) is 12.4. The summed E-state index contributed by atoms with van der Waals surface area (Å²) in [5.41, 5.74) is 3.43. The number of carbonyl (C=O) groups excluding carboxylic acids is 1. The minimum absolute atomic E-state index is 0.355. The maximum Gasteiger partial charge on any atom is 0.308 e. The van der Waals surface area contributed by atoms with E-state index >= 15 is 0 Å². The largest absolute Gasteiger partial charge is 0.427 e. The Hall–Kier alpha value is -2.95. The lowest BCUT2D eigenvalue weighted by atomic mass is 10.1. The summed E-state index contributed by atoms with van der Waals surface area (Å²) in [6.07, 6.45) is 0. The van der Waals surface area contributed by atoms with Crippen LogP contribution >= 0.6 is 0 Å². The van der Waals surface area contributed by atoms with Gasteiger partial charge in [0.25, 0.3) is 0 Å². The van der Waals surface area contributed by atoms with Gasteiger partial charge in [0.15, 0.2) is 0 Å². The summed E-state index contributed by atoms with van der Waals surface area (Å²) in [6.45, 7) is 3.29. The minimum atomic E-state index is -0.355. The Morgan fingerprint density at radius 3 is 2.55 bits per heavy atom. The lowest BCUT2D eigenvalue weighted by molar-refractivity contribution is -0.131. The second-order valence-corrected chi connectivity index (χ2v) is 4.88. The minimum Gasteiger partial charge on any atom is -0.427 e. The van der Waals surface area contributed by atoms with Gasteiger partial charge in [0.05, 0.1) is 11.4 Å². The number of nitrogens with zero attached hydrogens (tertiary/aromatic N) is 3. The van der Waals surface area contributed by atoms with E-state index in [1.807, 2.05) is 43.3 Å². The summed E-state index contributed by atoms with van der Waals surface area (Å²) in [7, 11) is 0. The highest BCUT2D eigenvalue weighted by atomic mass is 16.5. The molecule has 0 radical (unpaired) electrons. The maximum absolute atomic E-state index is 11.0. The Labute approximate surface area is 128 Å². The van der Waals surface area contributed by atoms with Crippen LogP contribution in [0.4, 0.5) is 0 Å². The highest BCUT2D eigenvalue weighted by molar-refractivity contribution is 5.69. The fourth-order valence-corrected chi connectivity index (χ4v) is 2.19. The third kappa shape index (κ3) is 2.88. The van der Waals surface area contributed by atoms with Gasteiger partial charge in [0, 0.05) is 18.6 Å². The van der Waals surface area contributed by atoms with Gasteiger partial charge in [-0.05, 0) is 19.1 Å². The van der Waals surface area contributed by atoms with Crippen molar-refractivity contribution in [2.24, 2.45) is 0 Å². The van der Waals surface area contributed by atoms with Gasteiger partial charge in [0.1, 0.15) is 11.4 Å². The van der Waals surface area contributed by atoms with E-state index in [1.165, 1.54) is 6.92 Å². The number of aryl methyl sites for hydroxylation is 1. The highest BCUT2D eigenvalue weighted by Crippen LogP contribution is 2.22. The number of benzene rings is 2. The normalized spacial score (nSPS) is 10.5. The van der Waals surface area contributed by atoms with Crippen LogP contribution < -0.4 is 4.74 Å². The molecule has 1 aromatic heterocycles. The third-order valence-electron chi connectivity index (χ3n) is 3.14. The molecule has 22 heavy (non-hydrogen) atoms. The Morgan fingerprint density at radius 2 is 1.82 bits per heavy atom. The summed E-state index contributed by atoms with van der Waals surface area (Å²) >= 11 is 0. The van der Waals surface area contributed by atoms with Gasteiger partial charge >= 0.3 is 5.97 Å². The summed E-state index contributed by atoms with van der Waals surface area (Å²) in [5, 5.41) is 8.98. The first-order valence-corrected chi connectivity index (χ1v) is 6.92. The molecule has 5 heteroatoms. The van der Waals surface area contributed by atoms with Gasteiger partial charge in [-0.25, -0.2) is 0 Å². The molecule has 0 bridgehead atoms. The van der Waals surface area contributed by atoms with E-state index in [0.29, 0.717) is 5.75 Å². The Morgan fingerprint density at radius 1 is 1.05 bits per heavy atom. The van der Waals surface area contributed by atoms with Gasteiger partial charge < -0.3 is 4.74 Å². The van der Waals surface area contributed by atoms with E-state index in [9.17, 15) is 4.79 Å². The topological polar surface area (TPSA) is 57.0 Å². The second kappa shape index (κ2) is 5.81. The number of hydrogen-bond acceptors (Lipinski definition) is 4. The molecule has 3 rings (SSSR count). The van der Waals surface area contributed by atoms with Crippen molar-refractivity contribution in [3.8, 4) is 22.7 Å². The zero-order chi connectivity index (χ0) is 15.5. The number of esters is 1. The quantitative estimate of drug-likeness (QED) is 0.550. The van der Waals surface area contributed by atoms with Crippen molar-refractivity contribution in [3.05, 3.63) is 60.3 Å². The molecule has 0 amide bonds. The van der Waals surface area contributed by atoms with Crippen LogP contribution in [0.3, 0.4) is 0 Å². The molecule has 5 nitrogen and oxygen atoms in total. The monoisotopic (exact) mass is 293 g/mol. The molecule has 2 aromatic carbocycles. The molecule has 110 valence electrons. The maximum atomic E-state index is 11.0. The van der Waals surface area contributed by atoms with E-state index < -0.39 is 0 Å². The van der Waals surface area contributed by atoms with Gasteiger partial charge in [-0.3, -0.25) is 4.79 Å². The molecule has 0 spiro atoms. The van der Waals surface area contributed by atoms with Gasteiger partial charge in [-0.2, -0.15) is 9.90 Å². The molecular weight excluding hydrogens is 278 g/mol. The molecule has 0 saturated heterocycles. The highest BCUT2D eigenvalue weighted by Gasteiger charge is 2.11. The molecule has 0 N–H and O–H groups in total. The summed E-state index contributed by atoms with van der Waals surface area (Å²) in [5.74, 6) is 0.118. The lowest BCUT2D eigenvalue weighted by Crippen LogP contribution is -2.03. The molecular formula is C17H15N3O2. The van der Waals surface area contributed by atoms with Gasteiger partial charge in [-0.1, -0.05) is 36.4 Å². The van der Waals surface area contributed by atoms with Crippen LogP contribution in [0.5, 0.6) is 5.75 Å². The standard InChI is InChI=1S/C17H15N3O2/c1-12-17(14-7-4-3-5-8-14)19-20(18-12)15-9-6-10-16(11-15)22-13(2)21/h3-11H,1-2H3. The first kappa shape index (κ1) is 14.0. The average molecular weight is 293 g/mol. The van der Waals surface area contributed by atoms with E-state index in [0.717, 1.165) is 22.6 Å². The van der Waals surface area contributed by atoms with Crippen LogP contribution in [-0.4, -0.2) is 21.0 Å². The summed E-state index contributed by atoms with van der Waals surface area (Å²) in [4.78, 5) is 12.6. The van der Waals surface area contributed by atoms with Crippen LogP contribution in [0.1, 0.15) is 12.6 Å². The van der Waals surface area contributed by atoms with Crippen LogP contribution in [0.2, 0.25) is 0 Å². The van der Waals surface area contributed by atoms with Crippen molar-refractivity contribution < 1.29 is 9.53 Å². The lowest BCUT2D eigenvalue weighted by Gasteiger charge is -2.03. The number of hydrogen-bond donors (Lipinski definition) is 0. The van der Waals surface area contributed by atoms with Gasteiger partial charge in [-0.15, -0.1) is 5.10 Å². The van der Waals surface area contributed by atoms with E-state index in [-0.39, 0.29) is 5.97 Å². The van der Waals surface area contributed by atoms with E-state index in [2.05, 4.69) is 10.2 Å². The van der Waals surface area contributed by atoms with Crippen molar-refractivity contribution >= 4 is 5.97 Å². The van der Waals surface area contributed by atoms with E-state index in [1.54, 1.807) is 23.0 Å². The molecule has 0 saturated carbocycles. The number of carbonyl (C=O) groups is 1. The predicted octanol–water partition coefficient (Wildman–Crippen LogP) is 3.17. The molecule has 0 aliphatic heterocycles. The Bertz CT molecular complexity index is 810. The van der Waals surface area contributed by atoms with Crippen molar-refractivity contribution in [2.45, 2.75) is 13.8 Å². The first-order chi connectivity index (χ1) is 10.6. The third-order valence-corrected chi connectivity index (χ3v) is 3.14. The zero-order valence-electron chi connectivity index (χ0n) is 12.4. The Balaban J connectivity index is 1.98.